The first-order valence-electron chi connectivity index (χ1n) is 9.47. The number of nitrogens with zero attached hydrogens (tertiary/aromatic N) is 2. The lowest BCUT2D eigenvalue weighted by atomic mass is 10.0. The van der Waals surface area contributed by atoms with E-state index in [-0.39, 0.29) is 0 Å². The average Bonchev–Trinajstić information content (AvgIpc) is 2.68. The molecule has 0 radical (unpaired) electrons. The summed E-state index contributed by atoms with van der Waals surface area (Å²) in [4.78, 5) is 9.04. The Labute approximate surface area is 164 Å². The molecule has 0 saturated carbocycles. The van der Waals surface area contributed by atoms with Gasteiger partial charge in [-0.2, -0.15) is 0 Å². The number of anilines is 4. The first-order chi connectivity index (χ1) is 13.6. The number of aryl methyl sites for hydroxylation is 1. The fourth-order valence-electron chi connectivity index (χ4n) is 3.22. The normalized spacial score (nSPS) is 12.7. The molecule has 2 aromatic carbocycles. The fourth-order valence-corrected chi connectivity index (χ4v) is 3.22. The highest BCUT2D eigenvalue weighted by atomic mass is 16.6. The summed E-state index contributed by atoms with van der Waals surface area (Å²) in [5.41, 5.74) is 3.19. The van der Waals surface area contributed by atoms with Crippen LogP contribution in [0.15, 0.2) is 48.5 Å². The third kappa shape index (κ3) is 4.01. The van der Waals surface area contributed by atoms with E-state index in [1.54, 1.807) is 0 Å². The molecule has 144 valence electrons. The van der Waals surface area contributed by atoms with Crippen molar-refractivity contribution in [1.82, 2.24) is 9.97 Å². The highest BCUT2D eigenvalue weighted by molar-refractivity contribution is 5.67. The SMILES string of the molecule is Cc1nc(Nc2ccc3c(c2)OCCO3)cc(Nc2ccccc2C(C)C)n1. The van der Waals surface area contributed by atoms with Gasteiger partial charge in [0.05, 0.1) is 0 Å². The number of hydrogen-bond acceptors (Lipinski definition) is 6. The summed E-state index contributed by atoms with van der Waals surface area (Å²) in [5.74, 6) is 4.08. The number of hydrogen-bond donors (Lipinski definition) is 2. The van der Waals surface area contributed by atoms with Crippen LogP contribution < -0.4 is 20.1 Å². The van der Waals surface area contributed by atoms with Crippen LogP contribution in [0.3, 0.4) is 0 Å². The maximum atomic E-state index is 5.65. The summed E-state index contributed by atoms with van der Waals surface area (Å²) >= 11 is 0. The van der Waals surface area contributed by atoms with Gasteiger partial charge in [-0.3, -0.25) is 0 Å². The molecule has 0 atom stereocenters. The number of para-hydroxylation sites is 1. The highest BCUT2D eigenvalue weighted by Gasteiger charge is 2.13. The molecule has 6 nitrogen and oxygen atoms in total. The van der Waals surface area contributed by atoms with Crippen molar-refractivity contribution in [1.29, 1.82) is 0 Å². The average molecular weight is 376 g/mol. The molecule has 6 heteroatoms. The molecule has 3 aromatic rings. The largest absolute Gasteiger partial charge is 0.486 e. The Morgan fingerprint density at radius 3 is 2.36 bits per heavy atom. The Bertz CT molecular complexity index is 988. The van der Waals surface area contributed by atoms with E-state index in [4.69, 9.17) is 9.47 Å². The second-order valence-electron chi connectivity index (χ2n) is 7.04. The van der Waals surface area contributed by atoms with E-state index in [1.807, 2.05) is 37.3 Å². The van der Waals surface area contributed by atoms with Gasteiger partial charge in [0, 0.05) is 23.5 Å². The molecule has 1 aliphatic rings. The van der Waals surface area contributed by atoms with Gasteiger partial charge in [-0.15, -0.1) is 0 Å². The van der Waals surface area contributed by atoms with E-state index in [1.165, 1.54) is 5.56 Å². The summed E-state index contributed by atoms with van der Waals surface area (Å²) < 4.78 is 11.2. The van der Waals surface area contributed by atoms with Crippen molar-refractivity contribution in [2.45, 2.75) is 26.7 Å². The topological polar surface area (TPSA) is 68.3 Å². The molecule has 2 heterocycles. The predicted molar refractivity (Wildman–Crippen MR) is 111 cm³/mol. The van der Waals surface area contributed by atoms with Crippen molar-refractivity contribution in [2.75, 3.05) is 23.8 Å². The zero-order chi connectivity index (χ0) is 19.5. The molecule has 1 aromatic heterocycles. The van der Waals surface area contributed by atoms with Crippen LogP contribution in [0.1, 0.15) is 31.2 Å². The third-order valence-corrected chi connectivity index (χ3v) is 4.50. The van der Waals surface area contributed by atoms with Gasteiger partial charge in [-0.25, -0.2) is 9.97 Å². The molecule has 0 aliphatic carbocycles. The molecule has 0 spiro atoms. The van der Waals surface area contributed by atoms with Gasteiger partial charge in [-0.05, 0) is 36.6 Å². The quantitative estimate of drug-likeness (QED) is 0.640. The molecule has 0 unspecified atom stereocenters. The first-order valence-corrected chi connectivity index (χ1v) is 9.47. The van der Waals surface area contributed by atoms with Gasteiger partial charge < -0.3 is 20.1 Å². The highest BCUT2D eigenvalue weighted by Crippen LogP contribution is 2.34. The third-order valence-electron chi connectivity index (χ3n) is 4.50. The summed E-state index contributed by atoms with van der Waals surface area (Å²) in [7, 11) is 0. The Kier molecular flexibility index (Phi) is 5.02. The molecule has 1 aliphatic heterocycles. The Morgan fingerprint density at radius 2 is 1.57 bits per heavy atom. The van der Waals surface area contributed by atoms with Gasteiger partial charge in [0.25, 0.3) is 0 Å². The Balaban J connectivity index is 1.58. The standard InChI is InChI=1S/C22H24N4O2/c1-14(2)17-6-4-5-7-18(17)26-22-13-21(23-15(3)24-22)25-16-8-9-19-20(12-16)28-11-10-27-19/h4-9,12-14H,10-11H2,1-3H3,(H2,23,24,25,26). The lowest BCUT2D eigenvalue weighted by molar-refractivity contribution is 0.171. The second-order valence-corrected chi connectivity index (χ2v) is 7.04. The number of nitrogens with one attached hydrogen (secondary N) is 2. The second kappa shape index (κ2) is 7.76. The number of fused-ring (bicyclic) bond motifs is 1. The van der Waals surface area contributed by atoms with E-state index in [0.717, 1.165) is 28.7 Å². The smallest absolute Gasteiger partial charge is 0.163 e. The Morgan fingerprint density at radius 1 is 0.857 bits per heavy atom. The van der Waals surface area contributed by atoms with Crippen LogP contribution in [0.4, 0.5) is 23.0 Å². The van der Waals surface area contributed by atoms with E-state index < -0.39 is 0 Å². The van der Waals surface area contributed by atoms with Gasteiger partial charge in [0.15, 0.2) is 11.5 Å². The predicted octanol–water partition coefficient (Wildman–Crippen LogP) is 5.17. The zero-order valence-electron chi connectivity index (χ0n) is 16.3. The number of aromatic nitrogens is 2. The molecule has 2 N–H and O–H groups in total. The van der Waals surface area contributed by atoms with Crippen LogP contribution in [0, 0.1) is 6.92 Å². The lowest BCUT2D eigenvalue weighted by Crippen LogP contribution is -2.15. The summed E-state index contributed by atoms with van der Waals surface area (Å²) in [6, 6.07) is 16.0. The number of rotatable bonds is 5. The molecule has 4 rings (SSSR count). The minimum Gasteiger partial charge on any atom is -0.486 e. The van der Waals surface area contributed by atoms with Crippen LogP contribution in [0.25, 0.3) is 0 Å². The van der Waals surface area contributed by atoms with Gasteiger partial charge >= 0.3 is 0 Å². The number of benzene rings is 2. The van der Waals surface area contributed by atoms with E-state index >= 15 is 0 Å². The van der Waals surface area contributed by atoms with Crippen LogP contribution in [-0.2, 0) is 0 Å². The van der Waals surface area contributed by atoms with Crippen molar-refractivity contribution in [2.24, 2.45) is 0 Å². The van der Waals surface area contributed by atoms with Gasteiger partial charge in [0.1, 0.15) is 30.7 Å². The van der Waals surface area contributed by atoms with Crippen molar-refractivity contribution < 1.29 is 9.47 Å². The van der Waals surface area contributed by atoms with Crippen LogP contribution in [-0.4, -0.2) is 23.2 Å². The molecule has 28 heavy (non-hydrogen) atoms. The van der Waals surface area contributed by atoms with Crippen molar-refractivity contribution in [3.8, 4) is 11.5 Å². The molecule has 0 saturated heterocycles. The van der Waals surface area contributed by atoms with Crippen molar-refractivity contribution in [3.63, 3.8) is 0 Å². The fraction of sp³-hybridized carbons (Fsp3) is 0.273. The lowest BCUT2D eigenvalue weighted by Gasteiger charge is -2.19. The molecule has 0 bridgehead atoms. The molecule has 0 amide bonds. The van der Waals surface area contributed by atoms with Gasteiger partial charge in [-0.1, -0.05) is 32.0 Å². The summed E-state index contributed by atoms with van der Waals surface area (Å²) in [6.07, 6.45) is 0. The first kappa shape index (κ1) is 18.1. The zero-order valence-corrected chi connectivity index (χ0v) is 16.3. The van der Waals surface area contributed by atoms with E-state index in [0.29, 0.717) is 30.8 Å². The monoisotopic (exact) mass is 376 g/mol. The molecule has 0 fully saturated rings. The Hall–Kier alpha value is -3.28. The van der Waals surface area contributed by atoms with E-state index in [9.17, 15) is 0 Å². The molecular weight excluding hydrogens is 352 g/mol. The minimum atomic E-state index is 0.418. The number of ether oxygens (including phenoxy) is 2. The van der Waals surface area contributed by atoms with Crippen molar-refractivity contribution >= 4 is 23.0 Å². The van der Waals surface area contributed by atoms with Gasteiger partial charge in [0.2, 0.25) is 0 Å². The maximum Gasteiger partial charge on any atom is 0.163 e. The maximum absolute atomic E-state index is 5.65. The van der Waals surface area contributed by atoms with Crippen LogP contribution >= 0.6 is 0 Å². The van der Waals surface area contributed by atoms with Crippen molar-refractivity contribution in [3.05, 3.63) is 59.9 Å². The summed E-state index contributed by atoms with van der Waals surface area (Å²) in [5, 5.41) is 6.77. The molecular formula is C22H24N4O2. The summed E-state index contributed by atoms with van der Waals surface area (Å²) in [6.45, 7) is 7.39. The van der Waals surface area contributed by atoms with E-state index in [2.05, 4.69) is 52.6 Å². The van der Waals surface area contributed by atoms with Crippen LogP contribution in [0.5, 0.6) is 11.5 Å². The van der Waals surface area contributed by atoms with Crippen LogP contribution in [0.2, 0.25) is 0 Å². The minimum absolute atomic E-state index is 0.418.